The van der Waals surface area contributed by atoms with Crippen LogP contribution in [0.5, 0.6) is 5.75 Å². The zero-order valence-electron chi connectivity index (χ0n) is 13.7. The maximum atomic E-state index is 12.8. The summed E-state index contributed by atoms with van der Waals surface area (Å²) >= 11 is 8.26. The van der Waals surface area contributed by atoms with Crippen molar-refractivity contribution in [3.05, 3.63) is 51.1 Å². The number of nitrogens with zero attached hydrogens (tertiary/aromatic N) is 2. The molecule has 1 aliphatic rings. The molecule has 5 nitrogen and oxygen atoms in total. The fraction of sp³-hybridized carbons (Fsp3) is 0.294. The SMILES string of the molecule is COc1ccc(Cl)cc1N1CCN(S(=O)(=O)c2ccc(I)cc2)CC1. The quantitative estimate of drug-likeness (QED) is 0.614. The number of hydrogen-bond donors (Lipinski definition) is 0. The summed E-state index contributed by atoms with van der Waals surface area (Å²) in [6.45, 7) is 2.01. The smallest absolute Gasteiger partial charge is 0.243 e. The van der Waals surface area contributed by atoms with Crippen LogP contribution in [0, 0.1) is 3.57 Å². The molecule has 0 saturated carbocycles. The van der Waals surface area contributed by atoms with E-state index in [1.807, 2.05) is 12.1 Å². The highest BCUT2D eigenvalue weighted by molar-refractivity contribution is 14.1. The number of methoxy groups -OCH3 is 1. The molecule has 134 valence electrons. The van der Waals surface area contributed by atoms with Crippen LogP contribution in [0.15, 0.2) is 47.4 Å². The Bertz CT molecular complexity index is 851. The Morgan fingerprint density at radius 2 is 1.68 bits per heavy atom. The number of sulfonamides is 1. The number of halogens is 2. The summed E-state index contributed by atoms with van der Waals surface area (Å²) < 4.78 is 33.5. The van der Waals surface area contributed by atoms with Crippen LogP contribution >= 0.6 is 34.2 Å². The Balaban J connectivity index is 1.76. The molecule has 25 heavy (non-hydrogen) atoms. The van der Waals surface area contributed by atoms with Crippen molar-refractivity contribution >= 4 is 49.9 Å². The zero-order valence-corrected chi connectivity index (χ0v) is 17.4. The van der Waals surface area contributed by atoms with Crippen LogP contribution in [0.3, 0.4) is 0 Å². The highest BCUT2D eigenvalue weighted by atomic mass is 127. The van der Waals surface area contributed by atoms with Crippen molar-refractivity contribution in [1.82, 2.24) is 4.31 Å². The Morgan fingerprint density at radius 1 is 1.04 bits per heavy atom. The van der Waals surface area contributed by atoms with Crippen LogP contribution in [-0.4, -0.2) is 46.0 Å². The minimum absolute atomic E-state index is 0.335. The van der Waals surface area contributed by atoms with Crippen molar-refractivity contribution in [3.63, 3.8) is 0 Å². The molecule has 0 spiro atoms. The topological polar surface area (TPSA) is 49.9 Å². The molecule has 0 N–H and O–H groups in total. The third-order valence-electron chi connectivity index (χ3n) is 4.17. The first-order chi connectivity index (χ1) is 11.9. The van der Waals surface area contributed by atoms with Gasteiger partial charge < -0.3 is 9.64 Å². The van der Waals surface area contributed by atoms with Crippen molar-refractivity contribution in [3.8, 4) is 5.75 Å². The van der Waals surface area contributed by atoms with E-state index in [4.69, 9.17) is 16.3 Å². The van der Waals surface area contributed by atoms with E-state index in [1.54, 1.807) is 37.4 Å². The van der Waals surface area contributed by atoms with Crippen molar-refractivity contribution in [1.29, 1.82) is 0 Å². The maximum Gasteiger partial charge on any atom is 0.243 e. The van der Waals surface area contributed by atoms with E-state index >= 15 is 0 Å². The van der Waals surface area contributed by atoms with Gasteiger partial charge >= 0.3 is 0 Å². The lowest BCUT2D eigenvalue weighted by molar-refractivity contribution is 0.378. The number of anilines is 1. The van der Waals surface area contributed by atoms with E-state index < -0.39 is 10.0 Å². The van der Waals surface area contributed by atoms with E-state index in [0.717, 1.165) is 15.0 Å². The van der Waals surface area contributed by atoms with Gasteiger partial charge in [-0.05, 0) is 65.1 Å². The number of ether oxygens (including phenoxy) is 1. The van der Waals surface area contributed by atoms with Crippen LogP contribution in [0.4, 0.5) is 5.69 Å². The van der Waals surface area contributed by atoms with Crippen LogP contribution in [0.1, 0.15) is 0 Å². The number of benzene rings is 2. The molecule has 8 heteroatoms. The molecule has 0 aliphatic carbocycles. The molecule has 3 rings (SSSR count). The van der Waals surface area contributed by atoms with E-state index in [9.17, 15) is 8.42 Å². The highest BCUT2D eigenvalue weighted by Crippen LogP contribution is 2.32. The number of hydrogen-bond acceptors (Lipinski definition) is 4. The van der Waals surface area contributed by atoms with Gasteiger partial charge in [0, 0.05) is 34.8 Å². The van der Waals surface area contributed by atoms with Gasteiger partial charge in [0.05, 0.1) is 17.7 Å². The van der Waals surface area contributed by atoms with Crippen LogP contribution < -0.4 is 9.64 Å². The first-order valence-corrected chi connectivity index (χ1v) is 10.7. The van der Waals surface area contributed by atoms with Gasteiger partial charge in [-0.15, -0.1) is 0 Å². The molecule has 1 aliphatic heterocycles. The predicted octanol–water partition coefficient (Wildman–Crippen LogP) is 3.46. The predicted molar refractivity (Wildman–Crippen MR) is 108 cm³/mol. The number of piperazine rings is 1. The van der Waals surface area contributed by atoms with E-state index in [2.05, 4.69) is 27.5 Å². The lowest BCUT2D eigenvalue weighted by Gasteiger charge is -2.36. The van der Waals surface area contributed by atoms with E-state index in [-0.39, 0.29) is 0 Å². The fourth-order valence-electron chi connectivity index (χ4n) is 2.84. The van der Waals surface area contributed by atoms with Crippen LogP contribution in [0.25, 0.3) is 0 Å². The second-order valence-corrected chi connectivity index (χ2v) is 9.28. The average molecular weight is 493 g/mol. The van der Waals surface area contributed by atoms with Gasteiger partial charge in [-0.2, -0.15) is 4.31 Å². The maximum absolute atomic E-state index is 12.8. The summed E-state index contributed by atoms with van der Waals surface area (Å²) in [5.74, 6) is 0.735. The molecule has 2 aromatic rings. The molecule has 1 heterocycles. The molecule has 0 amide bonds. The minimum atomic E-state index is -3.46. The summed E-state index contributed by atoms with van der Waals surface area (Å²) in [5, 5.41) is 0.629. The molecule has 0 bridgehead atoms. The highest BCUT2D eigenvalue weighted by Gasteiger charge is 2.29. The first kappa shape index (κ1) is 18.8. The standard InChI is InChI=1S/C17H18ClIN2O3S/c1-24-17-7-2-13(18)12-16(17)20-8-10-21(11-9-20)25(22,23)15-5-3-14(19)4-6-15/h2-7,12H,8-11H2,1H3. The molecule has 0 radical (unpaired) electrons. The van der Waals surface area contributed by atoms with Gasteiger partial charge in [0.2, 0.25) is 10.0 Å². The molecule has 1 fully saturated rings. The Hall–Kier alpha value is -1.03. The zero-order chi connectivity index (χ0) is 18.0. The summed E-state index contributed by atoms with van der Waals surface area (Å²) in [6, 6.07) is 12.4. The van der Waals surface area contributed by atoms with Gasteiger partial charge in [-0.3, -0.25) is 0 Å². The third kappa shape index (κ3) is 4.05. The third-order valence-corrected chi connectivity index (χ3v) is 7.04. The molecule has 2 aromatic carbocycles. The van der Waals surface area contributed by atoms with Gasteiger partial charge in [-0.1, -0.05) is 11.6 Å². The van der Waals surface area contributed by atoms with Gasteiger partial charge in [0.25, 0.3) is 0 Å². The largest absolute Gasteiger partial charge is 0.495 e. The van der Waals surface area contributed by atoms with Crippen LogP contribution in [-0.2, 0) is 10.0 Å². The second-order valence-electron chi connectivity index (χ2n) is 5.66. The van der Waals surface area contributed by atoms with E-state index in [0.29, 0.717) is 36.1 Å². The number of rotatable bonds is 4. The molecule has 0 unspecified atom stereocenters. The second kappa shape index (κ2) is 7.69. The van der Waals surface area contributed by atoms with Crippen molar-refractivity contribution in [2.24, 2.45) is 0 Å². The Morgan fingerprint density at radius 3 is 2.28 bits per heavy atom. The first-order valence-electron chi connectivity index (χ1n) is 7.76. The summed E-state index contributed by atoms with van der Waals surface area (Å²) in [6.07, 6.45) is 0. The van der Waals surface area contributed by atoms with Crippen molar-refractivity contribution in [2.45, 2.75) is 4.90 Å². The summed E-state index contributed by atoms with van der Waals surface area (Å²) in [7, 11) is -1.85. The van der Waals surface area contributed by atoms with Crippen molar-refractivity contribution < 1.29 is 13.2 Å². The average Bonchev–Trinajstić information content (AvgIpc) is 2.62. The van der Waals surface area contributed by atoms with Gasteiger partial charge in [0.1, 0.15) is 5.75 Å². The van der Waals surface area contributed by atoms with Gasteiger partial charge in [-0.25, -0.2) is 8.42 Å². The summed E-state index contributed by atoms with van der Waals surface area (Å²) in [4.78, 5) is 2.44. The Kier molecular flexibility index (Phi) is 5.77. The summed E-state index contributed by atoms with van der Waals surface area (Å²) in [5.41, 5.74) is 0.890. The lowest BCUT2D eigenvalue weighted by atomic mass is 10.2. The van der Waals surface area contributed by atoms with E-state index in [1.165, 1.54) is 4.31 Å². The van der Waals surface area contributed by atoms with Crippen LogP contribution in [0.2, 0.25) is 5.02 Å². The molecule has 0 atom stereocenters. The van der Waals surface area contributed by atoms with Gasteiger partial charge in [0.15, 0.2) is 0 Å². The monoisotopic (exact) mass is 492 g/mol. The molecule has 1 saturated heterocycles. The van der Waals surface area contributed by atoms with Crippen molar-refractivity contribution in [2.75, 3.05) is 38.2 Å². The normalized spacial score (nSPS) is 16.0. The fourth-order valence-corrected chi connectivity index (χ4v) is 4.78. The Labute approximate surface area is 166 Å². The molecule has 0 aromatic heterocycles. The molecular weight excluding hydrogens is 475 g/mol. The lowest BCUT2D eigenvalue weighted by Crippen LogP contribution is -2.48. The minimum Gasteiger partial charge on any atom is -0.495 e. The molecular formula is C17H18ClIN2O3S.